The Hall–Kier alpha value is -7.14. The average molecular weight is 1180 g/mol. The van der Waals surface area contributed by atoms with Crippen LogP contribution in [0.4, 0.5) is 0 Å². The second-order valence-electron chi connectivity index (χ2n) is 12.0. The van der Waals surface area contributed by atoms with Crippen LogP contribution in [0.25, 0.3) is 0 Å². The molecule has 0 aliphatic heterocycles. The van der Waals surface area contributed by atoms with Crippen LogP contribution in [-0.4, -0.2) is 141 Å². The Kier molecular flexibility index (Phi) is 61.9. The van der Waals surface area contributed by atoms with Crippen molar-refractivity contribution in [2.24, 2.45) is 5.73 Å². The van der Waals surface area contributed by atoms with Crippen molar-refractivity contribution in [2.45, 2.75) is 47.0 Å². The number of nitrogens with two attached hydrogens (primary N) is 1. The monoisotopic (exact) mass is 1180 g/mol. The SMILES string of the molecule is CC(=O)OOC(C)=O.CC(=O)[O-].NCC(=O)O.O=C(O)CN(Cc1ccccn1)Cc1ccccn1.O=C(O)CN(Cc1ccccn1)Cc1ccccn1.O=Cc1ccccn1.[B].[CH-]=O.[CH-]=O.[CH-]=O.[Na+].[Re]. The van der Waals surface area contributed by atoms with Crippen LogP contribution in [0.15, 0.2) is 122 Å². The van der Waals surface area contributed by atoms with Gasteiger partial charge >= 0.3 is 59.4 Å². The molecule has 24 nitrogen and oxygen atoms in total. The molecule has 0 aliphatic rings. The van der Waals surface area contributed by atoms with E-state index in [-0.39, 0.29) is 78.0 Å². The molecule has 5 N–H and O–H groups in total. The molecule has 72 heavy (non-hydrogen) atoms. The van der Waals surface area contributed by atoms with Gasteiger partial charge in [-0.3, -0.25) is 74.3 Å². The van der Waals surface area contributed by atoms with Gasteiger partial charge in [0, 0.05) is 106 Å². The number of nitrogens with zero attached hydrogens (tertiary/aromatic N) is 7. The zero-order valence-electron chi connectivity index (χ0n) is 39.6. The number of pyridine rings is 5. The van der Waals surface area contributed by atoms with Gasteiger partial charge in [-0.2, -0.15) is 0 Å². The minimum atomic E-state index is -1.08. The smallest absolute Gasteiger partial charge is 0.550 e. The summed E-state index contributed by atoms with van der Waals surface area (Å²) in [6.45, 7) is 14.6. The second kappa shape index (κ2) is 56.4. The van der Waals surface area contributed by atoms with E-state index in [0.717, 1.165) is 49.8 Å². The fraction of sp³-hybridized carbons (Fsp3) is 0.222. The topological polar surface area (TPSA) is 370 Å². The first-order valence-corrected chi connectivity index (χ1v) is 19.0. The van der Waals surface area contributed by atoms with Crippen molar-refractivity contribution >= 4 is 70.9 Å². The van der Waals surface area contributed by atoms with Gasteiger partial charge in [-0.25, -0.2) is 19.4 Å². The number of rotatable bonds is 14. The molecule has 0 spiro atoms. The third-order valence-corrected chi connectivity index (χ3v) is 6.42. The van der Waals surface area contributed by atoms with Crippen molar-refractivity contribution in [3.63, 3.8) is 0 Å². The second-order valence-corrected chi connectivity index (χ2v) is 12.0. The summed E-state index contributed by atoms with van der Waals surface area (Å²) in [4.78, 5) is 125. The zero-order valence-corrected chi connectivity index (χ0v) is 44.3. The molecule has 5 heterocycles. The van der Waals surface area contributed by atoms with Gasteiger partial charge in [0.15, 0.2) is 6.29 Å². The average Bonchev–Trinajstić information content (AvgIpc) is 3.34. The summed E-state index contributed by atoms with van der Waals surface area (Å²) < 4.78 is 0. The van der Waals surface area contributed by atoms with Crippen LogP contribution in [0.1, 0.15) is 54.0 Å². The number of aldehydes is 1. The summed E-state index contributed by atoms with van der Waals surface area (Å²) in [5.74, 6) is -5.04. The van der Waals surface area contributed by atoms with Crippen LogP contribution in [0.5, 0.6) is 0 Å². The van der Waals surface area contributed by atoms with Crippen LogP contribution in [0.2, 0.25) is 0 Å². The minimum Gasteiger partial charge on any atom is -0.550 e. The van der Waals surface area contributed by atoms with Gasteiger partial charge in [0.25, 0.3) is 0 Å². The van der Waals surface area contributed by atoms with Crippen LogP contribution >= 0.6 is 0 Å². The Balaban J connectivity index is -0.000000148. The van der Waals surface area contributed by atoms with Gasteiger partial charge in [0.2, 0.25) is 0 Å². The maximum absolute atomic E-state index is 10.9. The van der Waals surface area contributed by atoms with Crippen molar-refractivity contribution in [1.29, 1.82) is 0 Å². The molecule has 0 atom stereocenters. The van der Waals surface area contributed by atoms with E-state index in [1.165, 1.54) is 0 Å². The molecule has 5 aromatic heterocycles. The summed E-state index contributed by atoms with van der Waals surface area (Å²) in [5.41, 5.74) is 8.44. The van der Waals surface area contributed by atoms with E-state index < -0.39 is 35.8 Å². The summed E-state index contributed by atoms with van der Waals surface area (Å²) in [6, 6.07) is 27.6. The molecular formula is C45H52BN8NaO16Re-3. The molecule has 5 aromatic rings. The maximum Gasteiger partial charge on any atom is 1.00 e. The number of carbonyl (C=O) groups is 7. The van der Waals surface area contributed by atoms with Crippen LogP contribution in [0.3, 0.4) is 0 Å². The molecule has 0 aliphatic carbocycles. The molecule has 382 valence electrons. The normalized spacial score (nSPS) is 8.42. The quantitative estimate of drug-likeness (QED) is 0.0297. The molecule has 0 unspecified atom stereocenters. The Morgan fingerprint density at radius 2 is 0.778 bits per heavy atom. The molecule has 0 saturated heterocycles. The third kappa shape index (κ3) is 55.5. The number of aromatic nitrogens is 5. The molecule has 0 aromatic carbocycles. The van der Waals surface area contributed by atoms with Crippen LogP contribution in [0, 0.1) is 0 Å². The number of carboxylic acids is 4. The van der Waals surface area contributed by atoms with Crippen LogP contribution < -0.4 is 40.4 Å². The number of hydrogen-bond acceptors (Lipinski definition) is 21. The van der Waals surface area contributed by atoms with E-state index >= 15 is 0 Å². The number of carboxylic acid groups (broad SMARTS) is 4. The van der Waals surface area contributed by atoms with Crippen molar-refractivity contribution in [3.05, 3.63) is 150 Å². The fourth-order valence-corrected chi connectivity index (χ4v) is 4.16. The van der Waals surface area contributed by atoms with E-state index in [1.54, 1.807) is 59.0 Å². The van der Waals surface area contributed by atoms with E-state index in [2.05, 4.69) is 60.8 Å². The van der Waals surface area contributed by atoms with Gasteiger partial charge < -0.3 is 45.3 Å². The summed E-state index contributed by atoms with van der Waals surface area (Å²) in [5, 5.41) is 34.4. The van der Waals surface area contributed by atoms with Gasteiger partial charge in [0.1, 0.15) is 5.69 Å². The van der Waals surface area contributed by atoms with E-state index in [4.69, 9.17) is 39.6 Å². The molecule has 0 fully saturated rings. The van der Waals surface area contributed by atoms with Crippen LogP contribution in [-0.2, 0) is 99.5 Å². The van der Waals surface area contributed by atoms with Gasteiger partial charge in [0.05, 0.1) is 42.4 Å². The summed E-state index contributed by atoms with van der Waals surface area (Å²) >= 11 is 0. The molecule has 0 amide bonds. The maximum atomic E-state index is 10.9. The standard InChI is InChI=1S/2C14H15N3O2.C6H5NO.C4H6O4.C2H5NO2.C2H4O2.3CHO.B.Na.Re/c2*18-14(19)11-17(9-12-5-1-3-7-15-12)10-13-6-2-4-8-16-13;8-5-6-3-1-2-4-7-6;1-3(5)7-8-4(2)6;3-1-2(4)5;1-2(3)4;3*1-2;;;/h2*1-8H,9-11H2,(H,18,19);1-5H;1-2H3;1,3H2,(H,4,5);1H3,(H,3,4);3*1H;;;/q;;;;;;3*-1;;+1;/p-1. The van der Waals surface area contributed by atoms with Gasteiger partial charge in [-0.05, 0) is 67.6 Å². The van der Waals surface area contributed by atoms with E-state index in [0.29, 0.717) is 31.9 Å². The zero-order chi connectivity index (χ0) is 53.3. The first kappa shape index (κ1) is 79.0. The Bertz CT molecular complexity index is 1920. The molecule has 27 heteroatoms. The summed E-state index contributed by atoms with van der Waals surface area (Å²) in [7, 11) is 0. The number of carbonyl (C=O) groups excluding carboxylic acids is 7. The van der Waals surface area contributed by atoms with E-state index in [9.17, 15) is 28.8 Å². The Morgan fingerprint density at radius 3 is 0.917 bits per heavy atom. The molecule has 5 rings (SSSR count). The molecule has 0 saturated carbocycles. The molecule has 4 radical (unpaired) electrons. The van der Waals surface area contributed by atoms with Crippen molar-refractivity contribution in [3.8, 4) is 0 Å². The van der Waals surface area contributed by atoms with Gasteiger partial charge in [-0.15, -0.1) is 0 Å². The predicted molar refractivity (Wildman–Crippen MR) is 247 cm³/mol. The predicted octanol–water partition coefficient (Wildman–Crippen LogP) is -2.37. The first-order valence-electron chi connectivity index (χ1n) is 19.0. The van der Waals surface area contributed by atoms with Crippen molar-refractivity contribution in [2.75, 3.05) is 19.6 Å². The molecule has 0 bridgehead atoms. The number of hydrogen-bond donors (Lipinski definition) is 4. The fourth-order valence-electron chi connectivity index (χ4n) is 4.16. The van der Waals surface area contributed by atoms with E-state index in [1.807, 2.05) is 72.8 Å². The molecular weight excluding hydrogens is 1130 g/mol. The van der Waals surface area contributed by atoms with Gasteiger partial charge in [-0.1, -0.05) is 30.3 Å². The Labute approximate surface area is 453 Å². The third-order valence-electron chi connectivity index (χ3n) is 6.42. The minimum absolute atomic E-state index is 0. The van der Waals surface area contributed by atoms with Crippen molar-refractivity contribution < 1.29 is 128 Å². The number of aliphatic carboxylic acids is 4. The van der Waals surface area contributed by atoms with Crippen molar-refractivity contribution in [1.82, 2.24) is 34.7 Å². The first-order chi connectivity index (χ1) is 33.0. The largest absolute Gasteiger partial charge is 1.00 e. The summed E-state index contributed by atoms with van der Waals surface area (Å²) in [6.07, 6.45) is 9.12. The Morgan fingerprint density at radius 1 is 0.542 bits per heavy atom.